The van der Waals surface area contributed by atoms with Gasteiger partial charge in [-0.05, 0) is 18.2 Å². The van der Waals surface area contributed by atoms with E-state index in [1.165, 1.54) is 0 Å². The molecule has 110 valence electrons. The summed E-state index contributed by atoms with van der Waals surface area (Å²) in [6.07, 6.45) is 3.38. The lowest BCUT2D eigenvalue weighted by Gasteiger charge is -2.16. The van der Waals surface area contributed by atoms with Crippen molar-refractivity contribution in [3.63, 3.8) is 0 Å². The summed E-state index contributed by atoms with van der Waals surface area (Å²) in [7, 11) is 1.69. The second-order valence-electron chi connectivity index (χ2n) is 5.26. The molecule has 1 saturated heterocycles. The lowest BCUT2D eigenvalue weighted by atomic mass is 9.93. The van der Waals surface area contributed by atoms with Gasteiger partial charge in [0.1, 0.15) is 5.69 Å². The Balaban J connectivity index is 1.79. The first-order valence-corrected chi connectivity index (χ1v) is 6.98. The Labute approximate surface area is 123 Å². The van der Waals surface area contributed by atoms with Gasteiger partial charge < -0.3 is 9.64 Å². The first-order chi connectivity index (χ1) is 10.3. The third-order valence-electron chi connectivity index (χ3n) is 3.91. The number of nitrogens with zero attached hydrogens (tertiary/aromatic N) is 3. The van der Waals surface area contributed by atoms with Crippen LogP contribution >= 0.6 is 0 Å². The number of carbonyl (C=O) groups is 1. The summed E-state index contributed by atoms with van der Waals surface area (Å²) in [6.45, 7) is 1.95. The molecule has 0 unspecified atom stereocenters. The van der Waals surface area contributed by atoms with Gasteiger partial charge in [0.2, 0.25) is 0 Å². The van der Waals surface area contributed by atoms with Crippen LogP contribution < -0.4 is 0 Å². The van der Waals surface area contributed by atoms with Crippen LogP contribution in [0.1, 0.15) is 22.1 Å². The van der Waals surface area contributed by atoms with Crippen molar-refractivity contribution in [3.05, 3.63) is 48.0 Å². The SMILES string of the molecule is COC[C@@H]1CN(C(=O)c2ccn[nH]2)C[C@H]1c1ccccn1. The molecular formula is C15H18N4O2. The van der Waals surface area contributed by atoms with Gasteiger partial charge in [0.05, 0.1) is 6.61 Å². The Morgan fingerprint density at radius 2 is 2.29 bits per heavy atom. The molecule has 21 heavy (non-hydrogen) atoms. The Morgan fingerprint density at radius 1 is 1.38 bits per heavy atom. The lowest BCUT2D eigenvalue weighted by Crippen LogP contribution is -2.29. The topological polar surface area (TPSA) is 71.1 Å². The molecule has 1 aliphatic heterocycles. The van der Waals surface area contributed by atoms with Crippen LogP contribution in [0.15, 0.2) is 36.7 Å². The molecule has 0 bridgehead atoms. The number of hydrogen-bond acceptors (Lipinski definition) is 4. The summed E-state index contributed by atoms with van der Waals surface area (Å²) in [4.78, 5) is 18.7. The van der Waals surface area contributed by atoms with Crippen LogP contribution in [0.4, 0.5) is 0 Å². The Morgan fingerprint density at radius 3 is 2.95 bits per heavy atom. The quantitative estimate of drug-likeness (QED) is 0.920. The minimum absolute atomic E-state index is 0.0213. The fourth-order valence-electron chi connectivity index (χ4n) is 2.90. The molecule has 3 heterocycles. The van der Waals surface area contributed by atoms with E-state index in [2.05, 4.69) is 15.2 Å². The number of ether oxygens (including phenoxy) is 1. The van der Waals surface area contributed by atoms with Crippen molar-refractivity contribution in [2.45, 2.75) is 5.92 Å². The molecule has 0 aliphatic carbocycles. The van der Waals surface area contributed by atoms with E-state index >= 15 is 0 Å². The summed E-state index contributed by atoms with van der Waals surface area (Å²) in [5.74, 6) is 0.446. The highest BCUT2D eigenvalue weighted by atomic mass is 16.5. The maximum absolute atomic E-state index is 12.4. The van der Waals surface area contributed by atoms with Crippen molar-refractivity contribution >= 4 is 5.91 Å². The Kier molecular flexibility index (Phi) is 3.96. The molecule has 6 heteroatoms. The molecule has 1 N–H and O–H groups in total. The summed E-state index contributed by atoms with van der Waals surface area (Å²) in [5, 5.41) is 6.56. The Bertz CT molecular complexity index is 585. The van der Waals surface area contributed by atoms with E-state index in [-0.39, 0.29) is 17.7 Å². The van der Waals surface area contributed by atoms with Gasteiger partial charge in [0.25, 0.3) is 5.91 Å². The van der Waals surface area contributed by atoms with Gasteiger partial charge in [-0.25, -0.2) is 0 Å². The van der Waals surface area contributed by atoms with Crippen LogP contribution in [0, 0.1) is 5.92 Å². The first-order valence-electron chi connectivity index (χ1n) is 6.98. The van der Waals surface area contributed by atoms with Crippen molar-refractivity contribution in [3.8, 4) is 0 Å². The monoisotopic (exact) mass is 286 g/mol. The number of amides is 1. The fraction of sp³-hybridized carbons (Fsp3) is 0.400. The summed E-state index contributed by atoms with van der Waals surface area (Å²) in [6, 6.07) is 7.59. The van der Waals surface area contributed by atoms with Crippen LogP contribution in [0.2, 0.25) is 0 Å². The molecule has 1 amide bonds. The van der Waals surface area contributed by atoms with Crippen LogP contribution in [-0.4, -0.2) is 52.8 Å². The number of H-pyrrole nitrogens is 1. The molecule has 1 fully saturated rings. The molecule has 0 aromatic carbocycles. The second-order valence-corrected chi connectivity index (χ2v) is 5.26. The molecule has 2 aromatic rings. The van der Waals surface area contributed by atoms with E-state index in [1.807, 2.05) is 23.1 Å². The van der Waals surface area contributed by atoms with E-state index < -0.39 is 0 Å². The predicted molar refractivity (Wildman–Crippen MR) is 76.8 cm³/mol. The Hall–Kier alpha value is -2.21. The number of methoxy groups -OCH3 is 1. The van der Waals surface area contributed by atoms with E-state index in [0.29, 0.717) is 25.4 Å². The number of likely N-dealkylation sites (tertiary alicyclic amines) is 1. The molecule has 6 nitrogen and oxygen atoms in total. The highest BCUT2D eigenvalue weighted by Gasteiger charge is 2.37. The van der Waals surface area contributed by atoms with E-state index in [0.717, 1.165) is 5.69 Å². The van der Waals surface area contributed by atoms with Gasteiger partial charge in [-0.15, -0.1) is 0 Å². The molecule has 3 rings (SSSR count). The van der Waals surface area contributed by atoms with Gasteiger partial charge in [-0.3, -0.25) is 14.9 Å². The van der Waals surface area contributed by atoms with Crippen molar-refractivity contribution in [1.29, 1.82) is 0 Å². The van der Waals surface area contributed by atoms with Crippen LogP contribution in [0.5, 0.6) is 0 Å². The largest absolute Gasteiger partial charge is 0.384 e. The minimum Gasteiger partial charge on any atom is -0.384 e. The average Bonchev–Trinajstić information content (AvgIpc) is 3.18. The van der Waals surface area contributed by atoms with Gasteiger partial charge in [0, 0.05) is 50.1 Å². The fourth-order valence-corrected chi connectivity index (χ4v) is 2.90. The number of nitrogens with one attached hydrogen (secondary N) is 1. The van der Waals surface area contributed by atoms with Gasteiger partial charge in [-0.2, -0.15) is 5.10 Å². The van der Waals surface area contributed by atoms with Crippen molar-refractivity contribution in [2.75, 3.05) is 26.8 Å². The molecule has 2 aromatic heterocycles. The van der Waals surface area contributed by atoms with Gasteiger partial charge >= 0.3 is 0 Å². The third-order valence-corrected chi connectivity index (χ3v) is 3.91. The lowest BCUT2D eigenvalue weighted by molar-refractivity contribution is 0.0769. The number of carbonyl (C=O) groups excluding carboxylic acids is 1. The minimum atomic E-state index is -0.0213. The van der Waals surface area contributed by atoms with E-state index in [4.69, 9.17) is 4.74 Å². The van der Waals surface area contributed by atoms with Crippen molar-refractivity contribution in [2.24, 2.45) is 5.92 Å². The molecular weight excluding hydrogens is 268 g/mol. The molecule has 0 radical (unpaired) electrons. The number of aromatic amines is 1. The van der Waals surface area contributed by atoms with E-state index in [9.17, 15) is 4.79 Å². The number of hydrogen-bond donors (Lipinski definition) is 1. The number of aromatic nitrogens is 3. The first kappa shape index (κ1) is 13.8. The van der Waals surface area contributed by atoms with Crippen LogP contribution in [-0.2, 0) is 4.74 Å². The molecule has 0 spiro atoms. The van der Waals surface area contributed by atoms with Crippen molar-refractivity contribution < 1.29 is 9.53 Å². The smallest absolute Gasteiger partial charge is 0.271 e. The normalized spacial score (nSPS) is 21.7. The highest BCUT2D eigenvalue weighted by Crippen LogP contribution is 2.32. The van der Waals surface area contributed by atoms with Gasteiger partial charge in [0.15, 0.2) is 0 Å². The van der Waals surface area contributed by atoms with Gasteiger partial charge in [-0.1, -0.05) is 6.07 Å². The number of pyridine rings is 1. The summed E-state index contributed by atoms with van der Waals surface area (Å²) >= 11 is 0. The third kappa shape index (κ3) is 2.80. The zero-order chi connectivity index (χ0) is 14.7. The van der Waals surface area contributed by atoms with Crippen LogP contribution in [0.3, 0.4) is 0 Å². The average molecular weight is 286 g/mol. The molecule has 2 atom stereocenters. The highest BCUT2D eigenvalue weighted by molar-refractivity contribution is 5.92. The summed E-state index contributed by atoms with van der Waals surface area (Å²) < 4.78 is 5.31. The zero-order valence-electron chi connectivity index (χ0n) is 11.9. The zero-order valence-corrected chi connectivity index (χ0v) is 11.9. The van der Waals surface area contributed by atoms with Crippen molar-refractivity contribution in [1.82, 2.24) is 20.1 Å². The standard InChI is InChI=1S/C15H18N4O2/c1-21-10-11-8-19(15(20)14-5-7-17-18-14)9-12(11)13-4-2-3-6-16-13/h2-7,11-12H,8-10H2,1H3,(H,17,18)/t11-,12+/m0/s1. The molecule has 1 aliphatic rings. The maximum Gasteiger partial charge on any atom is 0.271 e. The summed E-state index contributed by atoms with van der Waals surface area (Å²) in [5.41, 5.74) is 1.53. The number of rotatable bonds is 4. The predicted octanol–water partition coefficient (Wildman–Crippen LogP) is 1.31. The van der Waals surface area contributed by atoms with Crippen LogP contribution in [0.25, 0.3) is 0 Å². The maximum atomic E-state index is 12.4. The van der Waals surface area contributed by atoms with E-state index in [1.54, 1.807) is 25.6 Å². The molecule has 0 saturated carbocycles. The second kappa shape index (κ2) is 6.05.